The average molecular weight is 344 g/mol. The zero-order valence-electron chi connectivity index (χ0n) is 13.1. The lowest BCUT2D eigenvalue weighted by molar-refractivity contribution is 0.656. The van der Waals surface area contributed by atoms with E-state index >= 15 is 0 Å². The predicted molar refractivity (Wildman–Crippen MR) is 91.8 cm³/mol. The molecular formula is C16H14ClN5O2. The second kappa shape index (κ2) is 5.10. The predicted octanol–water partition coefficient (Wildman–Crippen LogP) is 1.69. The number of aromatic amines is 1. The molecule has 0 aliphatic heterocycles. The number of hydrogen-bond acceptors (Lipinski definition) is 3. The Morgan fingerprint density at radius 2 is 1.92 bits per heavy atom. The van der Waals surface area contributed by atoms with Crippen LogP contribution in [0.3, 0.4) is 0 Å². The van der Waals surface area contributed by atoms with Gasteiger partial charge in [-0.25, -0.2) is 4.79 Å². The fraction of sp³-hybridized carbons (Fsp3) is 0.188. The normalized spacial score (nSPS) is 11.6. The van der Waals surface area contributed by atoms with Crippen LogP contribution in [0.1, 0.15) is 11.3 Å². The molecule has 0 aliphatic rings. The molecule has 0 aliphatic carbocycles. The van der Waals surface area contributed by atoms with E-state index in [0.717, 1.165) is 11.3 Å². The zero-order chi connectivity index (χ0) is 17.0. The maximum Gasteiger partial charge on any atom is 0.332 e. The number of benzene rings is 1. The summed E-state index contributed by atoms with van der Waals surface area (Å²) in [5.74, 6) is 0.541. The highest BCUT2D eigenvalue weighted by Crippen LogP contribution is 2.13. The number of hydrogen-bond donors (Lipinski definition) is 1. The smallest absolute Gasteiger partial charge is 0.328 e. The van der Waals surface area contributed by atoms with Crippen molar-refractivity contribution in [3.8, 4) is 0 Å². The molecule has 122 valence electrons. The molecular weight excluding hydrogens is 330 g/mol. The van der Waals surface area contributed by atoms with Gasteiger partial charge in [0.2, 0.25) is 5.78 Å². The van der Waals surface area contributed by atoms with Gasteiger partial charge in [-0.15, -0.1) is 0 Å². The summed E-state index contributed by atoms with van der Waals surface area (Å²) in [6.45, 7) is 2.06. The van der Waals surface area contributed by atoms with Gasteiger partial charge >= 0.3 is 5.69 Å². The topological polar surface area (TPSA) is 77.1 Å². The van der Waals surface area contributed by atoms with E-state index in [9.17, 15) is 9.59 Å². The van der Waals surface area contributed by atoms with Crippen LogP contribution in [-0.4, -0.2) is 23.5 Å². The highest BCUT2D eigenvalue weighted by Gasteiger charge is 2.18. The lowest BCUT2D eigenvalue weighted by Crippen LogP contribution is -2.39. The van der Waals surface area contributed by atoms with Gasteiger partial charge in [0.15, 0.2) is 11.2 Å². The van der Waals surface area contributed by atoms with Crippen LogP contribution in [0.2, 0.25) is 5.02 Å². The second-order valence-electron chi connectivity index (χ2n) is 5.77. The van der Waals surface area contributed by atoms with Crippen molar-refractivity contribution in [1.82, 2.24) is 23.5 Å². The third-order valence-electron chi connectivity index (χ3n) is 4.06. The minimum absolute atomic E-state index is 0.176. The highest BCUT2D eigenvalue weighted by molar-refractivity contribution is 6.30. The Bertz CT molecular complexity index is 1190. The summed E-state index contributed by atoms with van der Waals surface area (Å²) in [6, 6.07) is 7.06. The Morgan fingerprint density at radius 3 is 2.62 bits per heavy atom. The first-order valence-corrected chi connectivity index (χ1v) is 7.75. The number of nitrogens with one attached hydrogen (secondary N) is 1. The van der Waals surface area contributed by atoms with Crippen molar-refractivity contribution < 1.29 is 0 Å². The summed E-state index contributed by atoms with van der Waals surface area (Å²) in [4.78, 5) is 32.9. The number of aromatic nitrogens is 5. The summed E-state index contributed by atoms with van der Waals surface area (Å²) in [6.07, 6.45) is 1.79. The molecule has 3 heterocycles. The largest absolute Gasteiger partial charge is 0.332 e. The molecule has 1 N–H and O–H groups in total. The molecule has 0 saturated heterocycles. The summed E-state index contributed by atoms with van der Waals surface area (Å²) in [7, 11) is 1.61. The molecule has 7 nitrogen and oxygen atoms in total. The van der Waals surface area contributed by atoms with Crippen LogP contribution in [0.5, 0.6) is 0 Å². The van der Waals surface area contributed by atoms with E-state index in [1.165, 1.54) is 9.13 Å². The number of aryl methyl sites for hydroxylation is 2. The first-order chi connectivity index (χ1) is 11.5. The van der Waals surface area contributed by atoms with Crippen LogP contribution in [0.15, 0.2) is 40.1 Å². The van der Waals surface area contributed by atoms with Crippen molar-refractivity contribution in [3.05, 3.63) is 67.6 Å². The van der Waals surface area contributed by atoms with E-state index in [2.05, 4.69) is 9.97 Å². The number of imidazole rings is 2. The van der Waals surface area contributed by atoms with Crippen LogP contribution in [0.4, 0.5) is 0 Å². The van der Waals surface area contributed by atoms with E-state index < -0.39 is 5.69 Å². The van der Waals surface area contributed by atoms with Crippen molar-refractivity contribution in [3.63, 3.8) is 0 Å². The van der Waals surface area contributed by atoms with Crippen molar-refractivity contribution in [2.24, 2.45) is 7.05 Å². The lowest BCUT2D eigenvalue weighted by atomic mass is 10.2. The Hall–Kier alpha value is -2.80. The number of nitrogens with zero attached hydrogens (tertiary/aromatic N) is 4. The Kier molecular flexibility index (Phi) is 3.14. The highest BCUT2D eigenvalue weighted by atomic mass is 35.5. The molecule has 0 radical (unpaired) electrons. The van der Waals surface area contributed by atoms with Crippen LogP contribution in [-0.2, 0) is 13.6 Å². The van der Waals surface area contributed by atoms with Crippen molar-refractivity contribution >= 4 is 28.5 Å². The molecule has 0 saturated carbocycles. The van der Waals surface area contributed by atoms with Crippen molar-refractivity contribution in [1.29, 1.82) is 0 Å². The Labute approximate surface area is 140 Å². The minimum atomic E-state index is -0.403. The van der Waals surface area contributed by atoms with Crippen LogP contribution >= 0.6 is 11.6 Å². The standard InChI is InChI=1S/C16H14ClN5O2/c1-9-7-21-12-13(19-15(21)18-9)20(2)16(24)22(14(12)23)8-10-3-5-11(17)6-4-10/h3-7H,8H2,1-2H3,(H,18,19). The van der Waals surface area contributed by atoms with Gasteiger partial charge in [0.1, 0.15) is 0 Å². The van der Waals surface area contributed by atoms with Gasteiger partial charge in [-0.05, 0) is 24.6 Å². The first kappa shape index (κ1) is 14.8. The van der Waals surface area contributed by atoms with Gasteiger partial charge in [-0.2, -0.15) is 4.98 Å². The summed E-state index contributed by atoms with van der Waals surface area (Å²) < 4.78 is 4.29. The van der Waals surface area contributed by atoms with E-state index in [-0.39, 0.29) is 12.1 Å². The average Bonchev–Trinajstić information content (AvgIpc) is 3.07. The lowest BCUT2D eigenvalue weighted by Gasteiger charge is -2.08. The van der Waals surface area contributed by atoms with E-state index in [0.29, 0.717) is 22.0 Å². The molecule has 0 spiro atoms. The Morgan fingerprint density at radius 1 is 1.21 bits per heavy atom. The molecule has 3 aromatic heterocycles. The molecule has 24 heavy (non-hydrogen) atoms. The van der Waals surface area contributed by atoms with Gasteiger partial charge in [-0.3, -0.25) is 18.3 Å². The van der Waals surface area contributed by atoms with E-state index in [1.807, 2.05) is 6.92 Å². The maximum absolute atomic E-state index is 12.9. The molecule has 0 unspecified atom stereocenters. The summed E-state index contributed by atoms with van der Waals surface area (Å²) in [5.41, 5.74) is 1.68. The van der Waals surface area contributed by atoms with Gasteiger partial charge in [0.25, 0.3) is 5.56 Å². The maximum atomic E-state index is 12.9. The third kappa shape index (κ3) is 2.09. The van der Waals surface area contributed by atoms with Gasteiger partial charge in [-0.1, -0.05) is 23.7 Å². The minimum Gasteiger partial charge on any atom is -0.328 e. The van der Waals surface area contributed by atoms with Crippen LogP contribution < -0.4 is 11.2 Å². The van der Waals surface area contributed by atoms with Gasteiger partial charge in [0.05, 0.1) is 6.54 Å². The Balaban J connectivity index is 2.01. The molecule has 0 atom stereocenters. The van der Waals surface area contributed by atoms with Crippen LogP contribution in [0.25, 0.3) is 16.9 Å². The number of H-pyrrole nitrogens is 1. The SMILES string of the molecule is Cc1cn2c(nc3c2c(=O)n(Cc2ccc(Cl)cc2)c(=O)n3C)[nH]1. The number of rotatable bonds is 2. The van der Waals surface area contributed by atoms with E-state index in [1.54, 1.807) is 41.9 Å². The first-order valence-electron chi connectivity index (χ1n) is 7.37. The number of halogens is 1. The van der Waals surface area contributed by atoms with Crippen molar-refractivity contribution in [2.75, 3.05) is 0 Å². The summed E-state index contributed by atoms with van der Waals surface area (Å²) >= 11 is 5.88. The zero-order valence-corrected chi connectivity index (χ0v) is 13.8. The van der Waals surface area contributed by atoms with Gasteiger partial charge in [0, 0.05) is 24.0 Å². The fourth-order valence-corrected chi connectivity index (χ4v) is 2.99. The van der Waals surface area contributed by atoms with E-state index in [4.69, 9.17) is 11.6 Å². The van der Waals surface area contributed by atoms with Gasteiger partial charge < -0.3 is 4.98 Å². The molecule has 0 amide bonds. The quantitative estimate of drug-likeness (QED) is 0.601. The number of fused-ring (bicyclic) bond motifs is 3. The summed E-state index contributed by atoms with van der Waals surface area (Å²) in [5, 5.41) is 0.606. The fourth-order valence-electron chi connectivity index (χ4n) is 2.87. The third-order valence-corrected chi connectivity index (χ3v) is 4.31. The molecule has 8 heteroatoms. The molecule has 4 aromatic rings. The molecule has 4 rings (SSSR count). The molecule has 1 aromatic carbocycles. The monoisotopic (exact) mass is 343 g/mol. The molecule has 0 bridgehead atoms. The van der Waals surface area contributed by atoms with Crippen LogP contribution in [0, 0.1) is 6.92 Å². The van der Waals surface area contributed by atoms with Crippen molar-refractivity contribution in [2.45, 2.75) is 13.5 Å². The second-order valence-corrected chi connectivity index (χ2v) is 6.21. The molecule has 0 fully saturated rings.